The van der Waals surface area contributed by atoms with Crippen molar-refractivity contribution in [2.45, 2.75) is 58.3 Å². The van der Waals surface area contributed by atoms with Gasteiger partial charge in [0.25, 0.3) is 0 Å². The second-order valence-corrected chi connectivity index (χ2v) is 15.6. The summed E-state index contributed by atoms with van der Waals surface area (Å²) in [5.41, 5.74) is 3.54. The Balaban J connectivity index is 0.917. The highest BCUT2D eigenvalue weighted by molar-refractivity contribution is 5.94. The molecule has 0 amide bonds. The fourth-order valence-corrected chi connectivity index (χ4v) is 6.72. The van der Waals surface area contributed by atoms with Crippen molar-refractivity contribution in [2.24, 2.45) is 0 Å². The van der Waals surface area contributed by atoms with E-state index in [0.29, 0.717) is 22.6 Å². The van der Waals surface area contributed by atoms with Gasteiger partial charge in [-0.1, -0.05) is 57.6 Å². The lowest BCUT2D eigenvalue weighted by Crippen LogP contribution is -2.54. The predicted octanol–water partition coefficient (Wildman–Crippen LogP) is 9.75. The lowest BCUT2D eigenvalue weighted by molar-refractivity contribution is -0.890. The van der Waals surface area contributed by atoms with Crippen molar-refractivity contribution in [2.75, 3.05) is 45.2 Å². The van der Waals surface area contributed by atoms with Crippen LogP contribution in [0.1, 0.15) is 98.9 Å². The number of unbranched alkanes of at least 4 members (excludes halogenated alkanes) is 6. The van der Waals surface area contributed by atoms with Crippen molar-refractivity contribution >= 4 is 29.6 Å². The maximum atomic E-state index is 12.8. The standard InChI is InChI=1S/C49H53N2O8/c1-4-5-6-7-8-9-10-11-36-12-14-37(15-13-36)46(52)56-42-24-16-38(17-25-42)47(53)57-43-26-18-39(19-27-43)48(54)58-44-28-20-40(21-29-44)49(55)59-45-30-22-41(23-31-45)50-32-34-51(2,3)35-33-50/h12-31H,4-11,32-35H2,1-3H3/q+1. The Labute approximate surface area is 346 Å². The van der Waals surface area contributed by atoms with E-state index < -0.39 is 23.9 Å². The number of quaternary nitrogens is 1. The third kappa shape index (κ3) is 12.6. The molecular formula is C49H53N2O8+. The first kappa shape index (κ1) is 42.3. The van der Waals surface area contributed by atoms with E-state index in [1.807, 2.05) is 24.3 Å². The molecule has 1 aliphatic heterocycles. The molecule has 0 aliphatic carbocycles. The molecule has 1 heterocycles. The molecule has 0 spiro atoms. The third-order valence-corrected chi connectivity index (χ3v) is 10.5. The van der Waals surface area contributed by atoms with Crippen LogP contribution in [0.2, 0.25) is 0 Å². The van der Waals surface area contributed by atoms with Gasteiger partial charge in [-0.25, -0.2) is 19.2 Å². The second kappa shape index (κ2) is 20.4. The molecule has 6 rings (SSSR count). The van der Waals surface area contributed by atoms with Gasteiger partial charge < -0.3 is 28.3 Å². The Hall–Kier alpha value is -6.26. The monoisotopic (exact) mass is 797 g/mol. The molecule has 0 atom stereocenters. The van der Waals surface area contributed by atoms with E-state index in [-0.39, 0.29) is 22.6 Å². The summed E-state index contributed by atoms with van der Waals surface area (Å²) in [6.45, 7) is 6.31. The molecule has 1 saturated heterocycles. The molecule has 0 aromatic heterocycles. The van der Waals surface area contributed by atoms with E-state index in [1.165, 1.54) is 117 Å². The molecule has 0 unspecified atom stereocenters. The first-order chi connectivity index (χ1) is 28.5. The predicted molar refractivity (Wildman–Crippen MR) is 228 cm³/mol. The van der Waals surface area contributed by atoms with E-state index in [4.69, 9.17) is 18.9 Å². The summed E-state index contributed by atoms with van der Waals surface area (Å²) in [7, 11) is 4.47. The number of aryl methyl sites for hydroxylation is 1. The minimum absolute atomic E-state index is 0.227. The van der Waals surface area contributed by atoms with Crippen LogP contribution in [0.5, 0.6) is 23.0 Å². The number of esters is 4. The number of likely N-dealkylation sites (N-methyl/N-ethyl adjacent to an activating group) is 1. The number of benzene rings is 5. The molecule has 0 N–H and O–H groups in total. The van der Waals surface area contributed by atoms with Crippen molar-refractivity contribution < 1.29 is 42.6 Å². The zero-order valence-corrected chi connectivity index (χ0v) is 34.2. The van der Waals surface area contributed by atoms with Crippen LogP contribution in [0.3, 0.4) is 0 Å². The van der Waals surface area contributed by atoms with Gasteiger partial charge in [0.15, 0.2) is 0 Å². The van der Waals surface area contributed by atoms with Crippen LogP contribution in [0.4, 0.5) is 5.69 Å². The normalized spacial score (nSPS) is 13.3. The Kier molecular flexibility index (Phi) is 14.7. The Bertz CT molecular complexity index is 2150. The molecular weight excluding hydrogens is 745 g/mol. The highest BCUT2D eigenvalue weighted by Crippen LogP contribution is 2.24. The van der Waals surface area contributed by atoms with Gasteiger partial charge >= 0.3 is 23.9 Å². The summed E-state index contributed by atoms with van der Waals surface area (Å²) in [4.78, 5) is 53.5. The topological polar surface area (TPSA) is 108 Å². The first-order valence-corrected chi connectivity index (χ1v) is 20.5. The summed E-state index contributed by atoms with van der Waals surface area (Å²) in [5, 5.41) is 0. The lowest BCUT2D eigenvalue weighted by Gasteiger charge is -2.40. The maximum absolute atomic E-state index is 12.8. The van der Waals surface area contributed by atoms with E-state index in [0.717, 1.165) is 49.2 Å². The van der Waals surface area contributed by atoms with Crippen molar-refractivity contribution in [3.8, 4) is 23.0 Å². The summed E-state index contributed by atoms with van der Waals surface area (Å²) in [5.74, 6) is -1.03. The van der Waals surface area contributed by atoms with Crippen LogP contribution >= 0.6 is 0 Å². The average molecular weight is 798 g/mol. The molecule has 1 aliphatic rings. The van der Waals surface area contributed by atoms with Crippen molar-refractivity contribution in [3.63, 3.8) is 0 Å². The van der Waals surface area contributed by atoms with Gasteiger partial charge in [-0.05, 0) is 128 Å². The number of anilines is 1. The molecule has 59 heavy (non-hydrogen) atoms. The molecule has 5 aromatic carbocycles. The molecule has 10 heteroatoms. The fourth-order valence-electron chi connectivity index (χ4n) is 6.72. The Morgan fingerprint density at radius 1 is 0.458 bits per heavy atom. The van der Waals surface area contributed by atoms with Gasteiger partial charge in [0.05, 0.1) is 62.5 Å². The van der Waals surface area contributed by atoms with E-state index >= 15 is 0 Å². The number of rotatable bonds is 17. The summed E-state index contributed by atoms with van der Waals surface area (Å²) >= 11 is 0. The molecule has 10 nitrogen and oxygen atoms in total. The van der Waals surface area contributed by atoms with Gasteiger partial charge in [0.2, 0.25) is 0 Å². The summed E-state index contributed by atoms with van der Waals surface area (Å²) in [6, 6.07) is 33.2. The van der Waals surface area contributed by atoms with Gasteiger partial charge in [-0.15, -0.1) is 0 Å². The first-order valence-electron chi connectivity index (χ1n) is 20.5. The smallest absolute Gasteiger partial charge is 0.343 e. The minimum Gasteiger partial charge on any atom is -0.423 e. The van der Waals surface area contributed by atoms with Crippen LogP contribution in [-0.2, 0) is 6.42 Å². The van der Waals surface area contributed by atoms with Crippen molar-refractivity contribution in [1.29, 1.82) is 0 Å². The number of piperazine rings is 1. The SMILES string of the molecule is CCCCCCCCCc1ccc(C(=O)Oc2ccc(C(=O)Oc3ccc(C(=O)Oc4ccc(C(=O)Oc5ccc(N6CC[N+](C)(C)CC6)cc5)cc4)cc3)cc2)cc1. The largest absolute Gasteiger partial charge is 0.423 e. The number of hydrogen-bond donors (Lipinski definition) is 0. The quantitative estimate of drug-likeness (QED) is 0.0393. The zero-order chi connectivity index (χ0) is 41.6. The maximum Gasteiger partial charge on any atom is 0.343 e. The number of hydrogen-bond acceptors (Lipinski definition) is 9. The van der Waals surface area contributed by atoms with Gasteiger partial charge in [-0.2, -0.15) is 0 Å². The number of ether oxygens (including phenoxy) is 4. The van der Waals surface area contributed by atoms with Crippen molar-refractivity contribution in [1.82, 2.24) is 0 Å². The molecule has 306 valence electrons. The zero-order valence-electron chi connectivity index (χ0n) is 34.2. The van der Waals surface area contributed by atoms with E-state index in [2.05, 4.69) is 25.9 Å². The summed E-state index contributed by atoms with van der Waals surface area (Å²) < 4.78 is 23.1. The number of nitrogens with zero attached hydrogens (tertiary/aromatic N) is 2. The van der Waals surface area contributed by atoms with Crippen molar-refractivity contribution in [3.05, 3.63) is 149 Å². The van der Waals surface area contributed by atoms with Crippen LogP contribution in [-0.4, -0.2) is 68.6 Å². The van der Waals surface area contributed by atoms with E-state index in [9.17, 15) is 19.2 Å². The molecule has 0 bridgehead atoms. The average Bonchev–Trinajstić information content (AvgIpc) is 3.24. The summed E-state index contributed by atoms with van der Waals surface area (Å²) in [6.07, 6.45) is 9.79. The van der Waals surface area contributed by atoms with Gasteiger partial charge in [0, 0.05) is 5.69 Å². The Morgan fingerprint density at radius 3 is 1.15 bits per heavy atom. The molecule has 0 saturated carbocycles. The second-order valence-electron chi connectivity index (χ2n) is 15.6. The third-order valence-electron chi connectivity index (χ3n) is 10.5. The van der Waals surface area contributed by atoms with Gasteiger partial charge in [-0.3, -0.25) is 0 Å². The van der Waals surface area contributed by atoms with E-state index in [1.54, 1.807) is 24.3 Å². The highest BCUT2D eigenvalue weighted by atomic mass is 16.5. The molecule has 0 radical (unpaired) electrons. The lowest BCUT2D eigenvalue weighted by atomic mass is 10.0. The fraction of sp³-hybridized carbons (Fsp3) is 0.306. The molecule has 1 fully saturated rings. The number of carbonyl (C=O) groups is 4. The Morgan fingerprint density at radius 2 is 0.780 bits per heavy atom. The highest BCUT2D eigenvalue weighted by Gasteiger charge is 2.24. The van der Waals surface area contributed by atoms with Gasteiger partial charge in [0.1, 0.15) is 23.0 Å². The van der Waals surface area contributed by atoms with Crippen LogP contribution in [0.25, 0.3) is 0 Å². The molecule has 5 aromatic rings. The minimum atomic E-state index is -0.626. The van der Waals surface area contributed by atoms with Crippen LogP contribution in [0.15, 0.2) is 121 Å². The van der Waals surface area contributed by atoms with Crippen LogP contribution in [0, 0.1) is 0 Å². The number of carbonyl (C=O) groups excluding carboxylic acids is 4. The van der Waals surface area contributed by atoms with Crippen LogP contribution < -0.4 is 23.8 Å².